The second kappa shape index (κ2) is 7.02. The van der Waals surface area contributed by atoms with Gasteiger partial charge in [0.25, 0.3) is 0 Å². The molecule has 2 rings (SSSR count). The van der Waals surface area contributed by atoms with Crippen molar-refractivity contribution in [1.82, 2.24) is 4.31 Å². The Morgan fingerprint density at radius 3 is 2.80 bits per heavy atom. The predicted molar refractivity (Wildman–Crippen MR) is 76.2 cm³/mol. The van der Waals surface area contributed by atoms with E-state index < -0.39 is 15.8 Å². The van der Waals surface area contributed by atoms with Gasteiger partial charge in [-0.05, 0) is 18.2 Å². The molecule has 0 amide bonds. The topological polar surface area (TPSA) is 72.6 Å². The highest BCUT2D eigenvalue weighted by Gasteiger charge is 2.32. The summed E-state index contributed by atoms with van der Waals surface area (Å²) in [5, 5.41) is 0.151. The van der Waals surface area contributed by atoms with Gasteiger partial charge < -0.3 is 10.5 Å². The fourth-order valence-corrected chi connectivity index (χ4v) is 3.54. The van der Waals surface area contributed by atoms with E-state index in [-0.39, 0.29) is 54.7 Å². The number of halogens is 3. The molecule has 1 aliphatic rings. The van der Waals surface area contributed by atoms with Crippen LogP contribution < -0.4 is 5.73 Å². The van der Waals surface area contributed by atoms with Gasteiger partial charge in [0.05, 0.1) is 12.7 Å². The van der Waals surface area contributed by atoms with Crippen LogP contribution in [0.15, 0.2) is 23.1 Å². The molecule has 0 radical (unpaired) electrons. The smallest absolute Gasteiger partial charge is 0.246 e. The minimum Gasteiger partial charge on any atom is -0.374 e. The molecule has 9 heteroatoms. The van der Waals surface area contributed by atoms with Crippen molar-refractivity contribution in [2.75, 3.05) is 26.2 Å². The number of nitrogens with two attached hydrogens (primary N) is 1. The zero-order valence-corrected chi connectivity index (χ0v) is 12.8. The Hall–Kier alpha value is -0.440. The molecular formula is C11H15Cl2FN2O3S. The third kappa shape index (κ3) is 3.60. The summed E-state index contributed by atoms with van der Waals surface area (Å²) in [6.07, 6.45) is -0.362. The number of ether oxygens (including phenoxy) is 1. The van der Waals surface area contributed by atoms with E-state index in [9.17, 15) is 12.8 Å². The van der Waals surface area contributed by atoms with Crippen LogP contribution in [0.3, 0.4) is 0 Å². The molecule has 5 nitrogen and oxygen atoms in total. The van der Waals surface area contributed by atoms with Crippen molar-refractivity contribution < 1.29 is 17.5 Å². The van der Waals surface area contributed by atoms with Gasteiger partial charge >= 0.3 is 0 Å². The Morgan fingerprint density at radius 1 is 1.50 bits per heavy atom. The third-order valence-corrected chi connectivity index (χ3v) is 5.01. The molecule has 114 valence electrons. The molecule has 1 heterocycles. The van der Waals surface area contributed by atoms with E-state index in [0.29, 0.717) is 0 Å². The molecule has 1 aromatic carbocycles. The quantitative estimate of drug-likeness (QED) is 0.895. The minimum absolute atomic E-state index is 0. The predicted octanol–water partition coefficient (Wildman–Crippen LogP) is 1.25. The van der Waals surface area contributed by atoms with Crippen molar-refractivity contribution in [1.29, 1.82) is 0 Å². The number of benzene rings is 1. The molecule has 1 aliphatic heterocycles. The molecule has 1 fully saturated rings. The standard InChI is InChI=1S/C11H14ClFN2O3S.ClH/c12-8-1-2-11(10(13)5-8)19(16,17)15-3-4-18-9(6-14)7-15;/h1-2,5,9H,3-4,6-7,14H2;1H. The fraction of sp³-hybridized carbons (Fsp3) is 0.455. The highest BCUT2D eigenvalue weighted by atomic mass is 35.5. The van der Waals surface area contributed by atoms with E-state index in [4.69, 9.17) is 22.1 Å². The summed E-state index contributed by atoms with van der Waals surface area (Å²) in [5.74, 6) is -0.858. The average molecular weight is 345 g/mol. The van der Waals surface area contributed by atoms with Gasteiger partial charge in [0.2, 0.25) is 10.0 Å². The Kier molecular flexibility index (Phi) is 6.18. The first-order valence-electron chi connectivity index (χ1n) is 5.72. The zero-order valence-electron chi connectivity index (χ0n) is 10.5. The number of rotatable bonds is 3. The first kappa shape index (κ1) is 17.6. The maximum absolute atomic E-state index is 13.7. The van der Waals surface area contributed by atoms with Crippen LogP contribution in [0.25, 0.3) is 0 Å². The SMILES string of the molecule is Cl.NCC1CN(S(=O)(=O)c2ccc(Cl)cc2F)CCO1. The second-order valence-corrected chi connectivity index (χ2v) is 6.51. The van der Waals surface area contributed by atoms with Crippen LogP contribution in [0.4, 0.5) is 4.39 Å². The van der Waals surface area contributed by atoms with Crippen LogP contribution in [0.1, 0.15) is 0 Å². The number of sulfonamides is 1. The summed E-state index contributed by atoms with van der Waals surface area (Å²) in [7, 11) is -3.89. The summed E-state index contributed by atoms with van der Waals surface area (Å²) in [5.41, 5.74) is 5.46. The molecule has 1 saturated heterocycles. The van der Waals surface area contributed by atoms with E-state index in [0.717, 1.165) is 6.07 Å². The molecule has 0 saturated carbocycles. The van der Waals surface area contributed by atoms with Crippen LogP contribution in [-0.2, 0) is 14.8 Å². The van der Waals surface area contributed by atoms with Gasteiger partial charge in [-0.15, -0.1) is 12.4 Å². The summed E-state index contributed by atoms with van der Waals surface area (Å²) in [6.45, 7) is 0.771. The van der Waals surface area contributed by atoms with Gasteiger partial charge in [-0.2, -0.15) is 4.31 Å². The van der Waals surface area contributed by atoms with Gasteiger partial charge in [0, 0.05) is 24.7 Å². The normalized spacial score (nSPS) is 20.4. The Labute approximate surface area is 128 Å². The summed E-state index contributed by atoms with van der Waals surface area (Å²) in [6, 6.07) is 3.49. The molecule has 0 aliphatic carbocycles. The molecule has 0 spiro atoms. The zero-order chi connectivity index (χ0) is 14.0. The Morgan fingerprint density at radius 2 is 2.20 bits per heavy atom. The van der Waals surface area contributed by atoms with E-state index in [1.54, 1.807) is 0 Å². The lowest BCUT2D eigenvalue weighted by molar-refractivity contribution is 0.00445. The van der Waals surface area contributed by atoms with Crippen LogP contribution in [0.5, 0.6) is 0 Å². The minimum atomic E-state index is -3.89. The van der Waals surface area contributed by atoms with Crippen LogP contribution >= 0.6 is 24.0 Å². The lowest BCUT2D eigenvalue weighted by Gasteiger charge is -2.31. The summed E-state index contributed by atoms with van der Waals surface area (Å²) < 4.78 is 44.9. The molecule has 1 atom stereocenters. The summed E-state index contributed by atoms with van der Waals surface area (Å²) in [4.78, 5) is -0.380. The number of nitrogens with zero attached hydrogens (tertiary/aromatic N) is 1. The number of morpholine rings is 1. The van der Waals surface area contributed by atoms with Crippen molar-refractivity contribution in [2.45, 2.75) is 11.0 Å². The van der Waals surface area contributed by atoms with E-state index in [1.165, 1.54) is 16.4 Å². The third-order valence-electron chi connectivity index (χ3n) is 2.88. The van der Waals surface area contributed by atoms with E-state index in [2.05, 4.69) is 0 Å². The van der Waals surface area contributed by atoms with Gasteiger partial charge in [-0.3, -0.25) is 0 Å². The molecule has 1 aromatic rings. The van der Waals surface area contributed by atoms with Gasteiger partial charge in [0.1, 0.15) is 10.7 Å². The van der Waals surface area contributed by atoms with Gasteiger partial charge in [0.15, 0.2) is 0 Å². The van der Waals surface area contributed by atoms with Crippen molar-refractivity contribution >= 4 is 34.0 Å². The largest absolute Gasteiger partial charge is 0.374 e. The molecular weight excluding hydrogens is 330 g/mol. The van der Waals surface area contributed by atoms with Crippen molar-refractivity contribution in [3.8, 4) is 0 Å². The molecule has 20 heavy (non-hydrogen) atoms. The molecule has 0 bridgehead atoms. The Bertz CT molecular complexity index is 571. The highest BCUT2D eigenvalue weighted by Crippen LogP contribution is 2.23. The Balaban J connectivity index is 0.00000200. The van der Waals surface area contributed by atoms with Gasteiger partial charge in [-0.1, -0.05) is 11.6 Å². The lowest BCUT2D eigenvalue weighted by Crippen LogP contribution is -2.48. The summed E-state index contributed by atoms with van der Waals surface area (Å²) >= 11 is 5.61. The van der Waals surface area contributed by atoms with Crippen molar-refractivity contribution in [3.05, 3.63) is 29.0 Å². The van der Waals surface area contributed by atoms with Crippen LogP contribution in [-0.4, -0.2) is 45.1 Å². The highest BCUT2D eigenvalue weighted by molar-refractivity contribution is 7.89. The maximum Gasteiger partial charge on any atom is 0.246 e. The van der Waals surface area contributed by atoms with Gasteiger partial charge in [-0.25, -0.2) is 12.8 Å². The second-order valence-electron chi connectivity index (χ2n) is 4.17. The average Bonchev–Trinajstić information content (AvgIpc) is 2.38. The first-order valence-corrected chi connectivity index (χ1v) is 7.54. The fourth-order valence-electron chi connectivity index (χ4n) is 1.88. The molecule has 0 aromatic heterocycles. The lowest BCUT2D eigenvalue weighted by atomic mass is 10.3. The van der Waals surface area contributed by atoms with E-state index in [1.807, 2.05) is 0 Å². The first-order chi connectivity index (χ1) is 8.95. The van der Waals surface area contributed by atoms with Crippen LogP contribution in [0.2, 0.25) is 5.02 Å². The molecule has 2 N–H and O–H groups in total. The maximum atomic E-state index is 13.7. The van der Waals surface area contributed by atoms with Crippen molar-refractivity contribution in [3.63, 3.8) is 0 Å². The number of hydrogen-bond donors (Lipinski definition) is 1. The monoisotopic (exact) mass is 344 g/mol. The van der Waals surface area contributed by atoms with E-state index >= 15 is 0 Å². The van der Waals surface area contributed by atoms with Crippen LogP contribution in [0, 0.1) is 5.82 Å². The number of hydrogen-bond acceptors (Lipinski definition) is 4. The molecule has 1 unspecified atom stereocenters. The van der Waals surface area contributed by atoms with Crippen molar-refractivity contribution in [2.24, 2.45) is 5.73 Å².